The van der Waals surface area contributed by atoms with Gasteiger partial charge in [0, 0.05) is 11.8 Å². The number of amides is 1. The van der Waals surface area contributed by atoms with Gasteiger partial charge in [0.25, 0.3) is 0 Å². The molecule has 0 radical (unpaired) electrons. The molecule has 4 nitrogen and oxygen atoms in total. The van der Waals surface area contributed by atoms with Gasteiger partial charge in [-0.1, -0.05) is 18.2 Å². The van der Waals surface area contributed by atoms with Crippen molar-refractivity contribution in [1.29, 1.82) is 0 Å². The maximum absolute atomic E-state index is 13.5. The van der Waals surface area contributed by atoms with E-state index in [0.29, 0.717) is 11.3 Å². The van der Waals surface area contributed by atoms with E-state index in [-0.39, 0.29) is 12.4 Å². The summed E-state index contributed by atoms with van der Waals surface area (Å²) in [5.41, 5.74) is 6.46. The van der Waals surface area contributed by atoms with Crippen LogP contribution in [-0.2, 0) is 11.4 Å². The van der Waals surface area contributed by atoms with Crippen LogP contribution in [0.25, 0.3) is 0 Å². The summed E-state index contributed by atoms with van der Waals surface area (Å²) in [6.45, 7) is 1.80. The molecule has 114 valence electrons. The molecule has 1 amide bonds. The van der Waals surface area contributed by atoms with E-state index < -0.39 is 11.9 Å². The molecule has 0 heterocycles. The Morgan fingerprint density at radius 1 is 1.27 bits per heavy atom. The number of benzene rings is 2. The Morgan fingerprint density at radius 2 is 1.95 bits per heavy atom. The highest BCUT2D eigenvalue weighted by molar-refractivity contribution is 5.85. The second-order valence-corrected chi connectivity index (χ2v) is 4.81. The number of nitrogens with two attached hydrogens (primary N) is 1. The molecule has 0 aliphatic heterocycles. The van der Waals surface area contributed by atoms with Crippen LogP contribution < -0.4 is 10.5 Å². The molecular formula is C17H17FN2O2. The lowest BCUT2D eigenvalue weighted by Crippen LogP contribution is -2.23. The summed E-state index contributed by atoms with van der Waals surface area (Å²) in [5.74, 6) is -0.129. The number of carbonyl (C=O) groups excluding carboxylic acids is 1. The average molecular weight is 300 g/mol. The molecule has 5 heteroatoms. The summed E-state index contributed by atoms with van der Waals surface area (Å²) in [6, 6.07) is 13.0. The van der Waals surface area contributed by atoms with Crippen molar-refractivity contribution in [1.82, 2.24) is 0 Å². The lowest BCUT2D eigenvalue weighted by atomic mass is 10.2. The Balaban J connectivity index is 1.95. The lowest BCUT2D eigenvalue weighted by Gasteiger charge is -2.07. The molecule has 0 aliphatic carbocycles. The van der Waals surface area contributed by atoms with E-state index in [0.717, 1.165) is 5.56 Å². The average Bonchev–Trinajstić information content (AvgIpc) is 2.52. The molecule has 0 aromatic heterocycles. The normalized spacial score (nSPS) is 12.3. The van der Waals surface area contributed by atoms with E-state index in [2.05, 4.69) is 4.99 Å². The Morgan fingerprint density at radius 3 is 2.59 bits per heavy atom. The van der Waals surface area contributed by atoms with Gasteiger partial charge in [0.1, 0.15) is 24.2 Å². The highest BCUT2D eigenvalue weighted by atomic mass is 19.1. The van der Waals surface area contributed by atoms with Gasteiger partial charge in [-0.3, -0.25) is 9.79 Å². The molecule has 0 saturated carbocycles. The zero-order chi connectivity index (χ0) is 15.9. The van der Waals surface area contributed by atoms with Gasteiger partial charge in [-0.2, -0.15) is 0 Å². The topological polar surface area (TPSA) is 64.7 Å². The maximum Gasteiger partial charge on any atom is 0.241 e. The van der Waals surface area contributed by atoms with E-state index in [1.54, 1.807) is 55.6 Å². The molecule has 0 fully saturated rings. The molecule has 0 spiro atoms. The van der Waals surface area contributed by atoms with Crippen LogP contribution in [0.2, 0.25) is 0 Å². The predicted molar refractivity (Wildman–Crippen MR) is 83.4 cm³/mol. The Bertz CT molecular complexity index is 669. The van der Waals surface area contributed by atoms with Crippen LogP contribution in [0.1, 0.15) is 18.1 Å². The van der Waals surface area contributed by atoms with Crippen LogP contribution >= 0.6 is 0 Å². The maximum atomic E-state index is 13.5. The van der Waals surface area contributed by atoms with Crippen LogP contribution in [0, 0.1) is 5.82 Å². The number of rotatable bonds is 6. The van der Waals surface area contributed by atoms with Gasteiger partial charge >= 0.3 is 0 Å². The standard InChI is InChI=1S/C17H17FN2O2/c1-12(17(19)21)20-10-13-6-8-15(9-7-13)22-11-14-4-2-3-5-16(14)18/h2-10,12H,11H2,1H3,(H2,19,21)/b20-10+/t12-/m1/s1. The number of hydrogen-bond donors (Lipinski definition) is 1. The number of hydrogen-bond acceptors (Lipinski definition) is 3. The molecule has 2 aromatic rings. The van der Waals surface area contributed by atoms with Gasteiger partial charge in [0.05, 0.1) is 0 Å². The summed E-state index contributed by atoms with van der Waals surface area (Å²) >= 11 is 0. The fourth-order valence-electron chi connectivity index (χ4n) is 1.70. The molecule has 0 saturated heterocycles. The predicted octanol–water partition coefficient (Wildman–Crippen LogP) is 2.70. The van der Waals surface area contributed by atoms with Crippen molar-refractivity contribution >= 4 is 12.1 Å². The van der Waals surface area contributed by atoms with Crippen molar-refractivity contribution in [3.8, 4) is 5.75 Å². The summed E-state index contributed by atoms with van der Waals surface area (Å²) in [5, 5.41) is 0. The molecule has 2 N–H and O–H groups in total. The van der Waals surface area contributed by atoms with E-state index in [9.17, 15) is 9.18 Å². The van der Waals surface area contributed by atoms with E-state index >= 15 is 0 Å². The minimum atomic E-state index is -0.558. The molecule has 2 rings (SSSR count). The smallest absolute Gasteiger partial charge is 0.241 e. The zero-order valence-electron chi connectivity index (χ0n) is 12.2. The zero-order valence-corrected chi connectivity index (χ0v) is 12.2. The van der Waals surface area contributed by atoms with Crippen molar-refractivity contribution in [2.75, 3.05) is 0 Å². The molecular weight excluding hydrogens is 283 g/mol. The van der Waals surface area contributed by atoms with Gasteiger partial charge in [-0.05, 0) is 42.8 Å². The Labute approximate surface area is 128 Å². The molecule has 0 aliphatic rings. The van der Waals surface area contributed by atoms with Gasteiger partial charge in [0.15, 0.2) is 0 Å². The van der Waals surface area contributed by atoms with Gasteiger partial charge < -0.3 is 10.5 Å². The van der Waals surface area contributed by atoms with Crippen LogP contribution in [0.15, 0.2) is 53.5 Å². The number of halogens is 1. The summed E-state index contributed by atoms with van der Waals surface area (Å²) in [7, 11) is 0. The fraction of sp³-hybridized carbons (Fsp3) is 0.176. The van der Waals surface area contributed by atoms with E-state index in [1.807, 2.05) is 0 Å². The van der Waals surface area contributed by atoms with Crippen LogP contribution in [0.5, 0.6) is 5.75 Å². The first-order valence-corrected chi connectivity index (χ1v) is 6.85. The van der Waals surface area contributed by atoms with Crippen molar-refractivity contribution in [3.63, 3.8) is 0 Å². The van der Waals surface area contributed by atoms with Crippen LogP contribution in [-0.4, -0.2) is 18.2 Å². The van der Waals surface area contributed by atoms with Crippen LogP contribution in [0.3, 0.4) is 0 Å². The third-order valence-electron chi connectivity index (χ3n) is 3.09. The fourth-order valence-corrected chi connectivity index (χ4v) is 1.70. The van der Waals surface area contributed by atoms with Crippen molar-refractivity contribution in [3.05, 3.63) is 65.5 Å². The highest BCUT2D eigenvalue weighted by Gasteiger charge is 2.04. The third kappa shape index (κ3) is 4.41. The minimum Gasteiger partial charge on any atom is -0.489 e. The quantitative estimate of drug-likeness (QED) is 0.834. The number of nitrogens with zero attached hydrogens (tertiary/aromatic N) is 1. The van der Waals surface area contributed by atoms with Crippen molar-refractivity contribution in [2.45, 2.75) is 19.6 Å². The molecule has 22 heavy (non-hydrogen) atoms. The monoisotopic (exact) mass is 300 g/mol. The molecule has 1 atom stereocenters. The van der Waals surface area contributed by atoms with E-state index in [4.69, 9.17) is 10.5 Å². The van der Waals surface area contributed by atoms with Crippen molar-refractivity contribution in [2.24, 2.45) is 10.7 Å². The number of ether oxygens (including phenoxy) is 1. The first-order valence-electron chi connectivity index (χ1n) is 6.85. The third-order valence-corrected chi connectivity index (χ3v) is 3.09. The summed E-state index contributed by atoms with van der Waals surface area (Å²) < 4.78 is 19.0. The molecule has 2 aromatic carbocycles. The largest absolute Gasteiger partial charge is 0.489 e. The van der Waals surface area contributed by atoms with Gasteiger partial charge in [-0.25, -0.2) is 4.39 Å². The second-order valence-electron chi connectivity index (χ2n) is 4.81. The molecule has 0 unspecified atom stereocenters. The van der Waals surface area contributed by atoms with Gasteiger partial charge in [-0.15, -0.1) is 0 Å². The second kappa shape index (κ2) is 7.36. The van der Waals surface area contributed by atoms with Gasteiger partial charge in [0.2, 0.25) is 5.91 Å². The Kier molecular flexibility index (Phi) is 5.25. The first kappa shape index (κ1) is 15.7. The summed E-state index contributed by atoms with van der Waals surface area (Å²) in [4.78, 5) is 14.9. The summed E-state index contributed by atoms with van der Waals surface area (Å²) in [6.07, 6.45) is 1.58. The lowest BCUT2D eigenvalue weighted by molar-refractivity contribution is -0.118. The minimum absolute atomic E-state index is 0.165. The van der Waals surface area contributed by atoms with E-state index in [1.165, 1.54) is 6.07 Å². The number of primary amides is 1. The SMILES string of the molecule is C[C@@H](/N=C/c1ccc(OCc2ccccc2F)cc1)C(N)=O. The van der Waals surface area contributed by atoms with Crippen LogP contribution in [0.4, 0.5) is 4.39 Å². The number of aliphatic imine (C=N–C) groups is 1. The van der Waals surface area contributed by atoms with Crippen molar-refractivity contribution < 1.29 is 13.9 Å². The first-order chi connectivity index (χ1) is 10.6. The highest BCUT2D eigenvalue weighted by Crippen LogP contribution is 2.15. The number of carbonyl (C=O) groups is 1. The Hall–Kier alpha value is -2.69. The molecule has 0 bridgehead atoms.